The third-order valence-electron chi connectivity index (χ3n) is 5.76. The van der Waals surface area contributed by atoms with Gasteiger partial charge in [-0.1, -0.05) is 43.5 Å². The Morgan fingerprint density at radius 3 is 2.10 bits per heavy atom. The highest BCUT2D eigenvalue weighted by molar-refractivity contribution is 5.94. The van der Waals surface area contributed by atoms with Gasteiger partial charge in [0.1, 0.15) is 5.69 Å². The van der Waals surface area contributed by atoms with E-state index in [0.29, 0.717) is 19.5 Å². The van der Waals surface area contributed by atoms with Crippen molar-refractivity contribution in [3.63, 3.8) is 0 Å². The number of anilines is 1. The molecule has 0 aromatic heterocycles. The van der Waals surface area contributed by atoms with Gasteiger partial charge >= 0.3 is 0 Å². The summed E-state index contributed by atoms with van der Waals surface area (Å²) in [5.74, 6) is -9.76. The Balaban J connectivity index is 1.70. The summed E-state index contributed by atoms with van der Waals surface area (Å²) in [5, 5.41) is 2.45. The van der Waals surface area contributed by atoms with E-state index in [1.165, 1.54) is 5.56 Å². The molecule has 0 amide bonds. The molecule has 4 rings (SSSR count). The number of fused-ring (bicyclic) bond motifs is 1. The lowest BCUT2D eigenvalue weighted by Gasteiger charge is -2.33. The molecule has 2 aliphatic rings. The predicted molar refractivity (Wildman–Crippen MR) is 105 cm³/mol. The first-order chi connectivity index (χ1) is 14.5. The third kappa shape index (κ3) is 4.00. The number of hydrogen-bond donors (Lipinski definition) is 1. The second-order valence-corrected chi connectivity index (χ2v) is 7.75. The van der Waals surface area contributed by atoms with Gasteiger partial charge in [0.15, 0.2) is 29.2 Å². The van der Waals surface area contributed by atoms with Crippen LogP contribution in [0.15, 0.2) is 29.3 Å². The average Bonchev–Trinajstić information content (AvgIpc) is 2.79. The van der Waals surface area contributed by atoms with Gasteiger partial charge in [-0.25, -0.2) is 26.9 Å². The standard InChI is InChI=1S/C22H22F5N3/c23-16-17(24)19(26)21(20(27)18(16)25)29-22(28-15-8-2-1-3-9-15)30-11-10-13-6-4-5-7-14(13)12-30/h4-7,15H,1-3,8-12H2,(H,28,29). The fourth-order valence-corrected chi connectivity index (χ4v) is 4.08. The molecule has 30 heavy (non-hydrogen) atoms. The highest BCUT2D eigenvalue weighted by Crippen LogP contribution is 2.29. The zero-order chi connectivity index (χ0) is 21.3. The van der Waals surface area contributed by atoms with Crippen LogP contribution >= 0.6 is 0 Å². The van der Waals surface area contributed by atoms with Crippen LogP contribution in [0.5, 0.6) is 0 Å². The molecule has 160 valence electrons. The molecule has 0 atom stereocenters. The summed E-state index contributed by atoms with van der Waals surface area (Å²) >= 11 is 0. The molecule has 0 unspecified atom stereocenters. The Labute approximate surface area is 171 Å². The molecule has 1 aliphatic heterocycles. The molecule has 0 radical (unpaired) electrons. The largest absolute Gasteiger partial charge is 0.338 e. The summed E-state index contributed by atoms with van der Waals surface area (Å²) in [7, 11) is 0. The molecule has 3 nitrogen and oxygen atoms in total. The van der Waals surface area contributed by atoms with Crippen molar-refractivity contribution in [3.8, 4) is 0 Å². The molecule has 0 saturated heterocycles. The quantitative estimate of drug-likeness (QED) is 0.226. The van der Waals surface area contributed by atoms with Crippen LogP contribution in [0.2, 0.25) is 0 Å². The Kier molecular flexibility index (Phi) is 5.92. The van der Waals surface area contributed by atoms with Crippen molar-refractivity contribution in [1.82, 2.24) is 4.90 Å². The lowest BCUT2D eigenvalue weighted by atomic mass is 9.96. The topological polar surface area (TPSA) is 27.6 Å². The monoisotopic (exact) mass is 423 g/mol. The van der Waals surface area contributed by atoms with Gasteiger partial charge in [0.2, 0.25) is 5.82 Å². The molecule has 1 fully saturated rings. The Morgan fingerprint density at radius 1 is 0.833 bits per heavy atom. The van der Waals surface area contributed by atoms with Gasteiger partial charge in [0.25, 0.3) is 0 Å². The minimum Gasteiger partial charge on any atom is -0.338 e. The molecule has 2 aromatic carbocycles. The van der Waals surface area contributed by atoms with Crippen LogP contribution in [0.25, 0.3) is 0 Å². The fourth-order valence-electron chi connectivity index (χ4n) is 4.08. The summed E-state index contributed by atoms with van der Waals surface area (Å²) in [5.41, 5.74) is 1.14. The number of rotatable bonds is 2. The van der Waals surface area contributed by atoms with E-state index in [2.05, 4.69) is 10.3 Å². The fraction of sp³-hybridized carbons (Fsp3) is 0.409. The van der Waals surface area contributed by atoms with Gasteiger partial charge in [-0.3, -0.25) is 0 Å². The minimum atomic E-state index is -2.17. The smallest absolute Gasteiger partial charge is 0.200 e. The van der Waals surface area contributed by atoms with Gasteiger partial charge in [0.05, 0.1) is 6.04 Å². The van der Waals surface area contributed by atoms with E-state index in [4.69, 9.17) is 0 Å². The van der Waals surface area contributed by atoms with Crippen LogP contribution in [-0.4, -0.2) is 23.4 Å². The molecule has 1 saturated carbocycles. The molecule has 0 spiro atoms. The van der Waals surface area contributed by atoms with Gasteiger partial charge in [0, 0.05) is 13.1 Å². The van der Waals surface area contributed by atoms with E-state index in [-0.39, 0.29) is 12.0 Å². The van der Waals surface area contributed by atoms with Gasteiger partial charge in [-0.05, 0) is 30.4 Å². The minimum absolute atomic E-state index is 0.0558. The maximum atomic E-state index is 14.3. The highest BCUT2D eigenvalue weighted by atomic mass is 19.2. The molecular formula is C22H22F5N3. The zero-order valence-corrected chi connectivity index (χ0v) is 16.3. The number of benzene rings is 2. The summed E-state index contributed by atoms with van der Waals surface area (Å²) < 4.78 is 69.4. The van der Waals surface area contributed by atoms with Crippen LogP contribution in [0.3, 0.4) is 0 Å². The van der Waals surface area contributed by atoms with Crippen LogP contribution in [-0.2, 0) is 13.0 Å². The lowest BCUT2D eigenvalue weighted by Crippen LogP contribution is -2.41. The van der Waals surface area contributed by atoms with Crippen molar-refractivity contribution in [2.75, 3.05) is 11.9 Å². The van der Waals surface area contributed by atoms with Gasteiger partial charge in [-0.15, -0.1) is 0 Å². The van der Waals surface area contributed by atoms with Crippen molar-refractivity contribution in [3.05, 3.63) is 64.5 Å². The maximum Gasteiger partial charge on any atom is 0.200 e. The number of hydrogen-bond acceptors (Lipinski definition) is 1. The van der Waals surface area contributed by atoms with E-state index in [1.807, 2.05) is 24.3 Å². The summed E-state index contributed by atoms with van der Waals surface area (Å²) in [6.45, 7) is 0.953. The zero-order valence-electron chi connectivity index (χ0n) is 16.3. The molecule has 1 aliphatic carbocycles. The highest BCUT2D eigenvalue weighted by Gasteiger charge is 2.29. The second-order valence-electron chi connectivity index (χ2n) is 7.75. The van der Waals surface area contributed by atoms with E-state index in [9.17, 15) is 22.0 Å². The van der Waals surface area contributed by atoms with E-state index in [1.54, 1.807) is 4.90 Å². The molecule has 1 N–H and O–H groups in total. The third-order valence-corrected chi connectivity index (χ3v) is 5.76. The van der Waals surface area contributed by atoms with Crippen molar-refractivity contribution in [2.24, 2.45) is 4.99 Å². The number of guanidine groups is 1. The SMILES string of the molecule is Fc1c(F)c(F)c(NC(=NC2CCCCC2)N2CCc3ccccc3C2)c(F)c1F. The summed E-state index contributed by atoms with van der Waals surface area (Å²) in [4.78, 5) is 6.45. The summed E-state index contributed by atoms with van der Waals surface area (Å²) in [6, 6.07) is 7.76. The number of aliphatic imine (C=N–C) groups is 1. The first-order valence-electron chi connectivity index (χ1n) is 10.1. The second kappa shape index (κ2) is 8.62. The van der Waals surface area contributed by atoms with E-state index in [0.717, 1.165) is 37.7 Å². The Hall–Kier alpha value is -2.64. The lowest BCUT2D eigenvalue weighted by molar-refractivity contribution is 0.374. The van der Waals surface area contributed by atoms with Crippen molar-refractivity contribution >= 4 is 11.6 Å². The van der Waals surface area contributed by atoms with E-state index < -0.39 is 34.8 Å². The van der Waals surface area contributed by atoms with Crippen LogP contribution < -0.4 is 5.32 Å². The van der Waals surface area contributed by atoms with Crippen LogP contribution in [0, 0.1) is 29.1 Å². The normalized spacial score (nSPS) is 17.8. The van der Waals surface area contributed by atoms with Crippen LogP contribution in [0.4, 0.5) is 27.6 Å². The first kappa shape index (κ1) is 20.6. The van der Waals surface area contributed by atoms with Crippen LogP contribution in [0.1, 0.15) is 43.2 Å². The Bertz CT molecular complexity index is 940. The van der Waals surface area contributed by atoms with E-state index >= 15 is 0 Å². The average molecular weight is 423 g/mol. The van der Waals surface area contributed by atoms with Crippen molar-refractivity contribution in [1.29, 1.82) is 0 Å². The molecule has 1 heterocycles. The Morgan fingerprint density at radius 2 is 1.43 bits per heavy atom. The molecule has 0 bridgehead atoms. The molecule has 8 heteroatoms. The number of halogens is 5. The number of nitrogens with zero attached hydrogens (tertiary/aromatic N) is 2. The van der Waals surface area contributed by atoms with Gasteiger partial charge < -0.3 is 10.2 Å². The van der Waals surface area contributed by atoms with Gasteiger partial charge in [-0.2, -0.15) is 0 Å². The summed E-state index contributed by atoms with van der Waals surface area (Å²) in [6.07, 6.45) is 5.43. The number of nitrogens with one attached hydrogen (secondary N) is 1. The maximum absolute atomic E-state index is 14.3. The van der Waals surface area contributed by atoms with Crippen molar-refractivity contribution < 1.29 is 22.0 Å². The predicted octanol–water partition coefficient (Wildman–Crippen LogP) is 5.54. The molecule has 2 aromatic rings. The molecular weight excluding hydrogens is 401 g/mol. The van der Waals surface area contributed by atoms with Crippen molar-refractivity contribution in [2.45, 2.75) is 51.1 Å². The first-order valence-corrected chi connectivity index (χ1v) is 10.1.